The summed E-state index contributed by atoms with van der Waals surface area (Å²) in [6, 6.07) is 0.925. The van der Waals surface area contributed by atoms with Gasteiger partial charge in [0.25, 0.3) is 0 Å². The fourth-order valence-electron chi connectivity index (χ4n) is 2.91. The van der Waals surface area contributed by atoms with Crippen LogP contribution in [0.25, 0.3) is 0 Å². The second-order valence-electron chi connectivity index (χ2n) is 5.29. The minimum atomic E-state index is 0. The van der Waals surface area contributed by atoms with E-state index < -0.39 is 0 Å². The van der Waals surface area contributed by atoms with Gasteiger partial charge in [0.05, 0.1) is 0 Å². The maximum absolute atomic E-state index is 11.8. The van der Waals surface area contributed by atoms with Gasteiger partial charge in [-0.15, -0.1) is 12.4 Å². The van der Waals surface area contributed by atoms with Crippen LogP contribution in [-0.4, -0.2) is 18.1 Å². The predicted molar refractivity (Wildman–Crippen MR) is 72.7 cm³/mol. The molecule has 0 unspecified atom stereocenters. The third-order valence-electron chi connectivity index (χ3n) is 3.88. The van der Waals surface area contributed by atoms with Gasteiger partial charge >= 0.3 is 6.03 Å². The fraction of sp³-hybridized carbons (Fsp3) is 0.923. The third-order valence-corrected chi connectivity index (χ3v) is 3.88. The lowest BCUT2D eigenvalue weighted by molar-refractivity contribution is 0.224. The van der Waals surface area contributed by atoms with Crippen LogP contribution in [0.5, 0.6) is 0 Å². The lowest BCUT2D eigenvalue weighted by Gasteiger charge is -2.26. The second-order valence-corrected chi connectivity index (χ2v) is 5.29. The summed E-state index contributed by atoms with van der Waals surface area (Å²) >= 11 is 0. The number of hydrogen-bond donors (Lipinski definition) is 2. The zero-order valence-electron chi connectivity index (χ0n) is 10.5. The first kappa shape index (κ1) is 14.6. The minimum Gasteiger partial charge on any atom is -0.335 e. The van der Waals surface area contributed by atoms with Crippen molar-refractivity contribution in [1.29, 1.82) is 0 Å². The number of hydrogen-bond acceptors (Lipinski definition) is 1. The Bertz CT molecular complexity index is 201. The molecule has 0 heterocycles. The van der Waals surface area contributed by atoms with E-state index in [4.69, 9.17) is 0 Å². The predicted octanol–water partition coefficient (Wildman–Crippen LogP) is 3.37. The number of amides is 2. The highest BCUT2D eigenvalue weighted by Gasteiger charge is 2.19. The van der Waals surface area contributed by atoms with Crippen LogP contribution in [0.4, 0.5) is 4.79 Å². The van der Waals surface area contributed by atoms with E-state index >= 15 is 0 Å². The van der Waals surface area contributed by atoms with Crippen LogP contribution < -0.4 is 10.6 Å². The fourth-order valence-corrected chi connectivity index (χ4v) is 2.91. The van der Waals surface area contributed by atoms with E-state index in [9.17, 15) is 4.79 Å². The van der Waals surface area contributed by atoms with E-state index in [-0.39, 0.29) is 18.4 Å². The molecule has 0 aromatic heterocycles. The summed E-state index contributed by atoms with van der Waals surface area (Å²) in [5, 5.41) is 6.23. The van der Waals surface area contributed by atoms with E-state index in [0.29, 0.717) is 12.1 Å². The SMILES string of the molecule is Cl.O=C(NC1CCCCC1)NC1CCCCC1. The Kier molecular flexibility index (Phi) is 6.71. The summed E-state index contributed by atoms with van der Waals surface area (Å²) in [6.07, 6.45) is 12.4. The summed E-state index contributed by atoms with van der Waals surface area (Å²) < 4.78 is 0. The molecule has 3 nitrogen and oxygen atoms in total. The molecule has 4 heteroatoms. The largest absolute Gasteiger partial charge is 0.335 e. The van der Waals surface area contributed by atoms with Crippen molar-refractivity contribution in [2.24, 2.45) is 0 Å². The molecule has 0 spiro atoms. The van der Waals surface area contributed by atoms with Crippen molar-refractivity contribution >= 4 is 18.4 Å². The van der Waals surface area contributed by atoms with Crippen LogP contribution in [-0.2, 0) is 0 Å². The van der Waals surface area contributed by atoms with Gasteiger partial charge in [-0.25, -0.2) is 4.79 Å². The Labute approximate surface area is 111 Å². The van der Waals surface area contributed by atoms with Gasteiger partial charge < -0.3 is 10.6 Å². The molecule has 0 aromatic rings. The van der Waals surface area contributed by atoms with Gasteiger partial charge in [-0.3, -0.25) is 0 Å². The molecular formula is C13H25ClN2O. The summed E-state index contributed by atoms with van der Waals surface area (Å²) in [5.41, 5.74) is 0. The van der Waals surface area contributed by atoms with Gasteiger partial charge in [0.1, 0.15) is 0 Å². The monoisotopic (exact) mass is 260 g/mol. The summed E-state index contributed by atoms with van der Waals surface area (Å²) in [7, 11) is 0. The average Bonchev–Trinajstić information content (AvgIpc) is 2.31. The number of carbonyl (C=O) groups excluding carboxylic acids is 1. The Morgan fingerprint density at radius 2 is 1.06 bits per heavy atom. The van der Waals surface area contributed by atoms with Gasteiger partial charge in [-0.05, 0) is 25.7 Å². The minimum absolute atomic E-state index is 0. The van der Waals surface area contributed by atoms with Crippen molar-refractivity contribution in [3.8, 4) is 0 Å². The van der Waals surface area contributed by atoms with Crippen molar-refractivity contribution in [3.63, 3.8) is 0 Å². The zero-order valence-corrected chi connectivity index (χ0v) is 11.4. The molecule has 2 saturated carbocycles. The topological polar surface area (TPSA) is 41.1 Å². The van der Waals surface area contributed by atoms with Gasteiger partial charge in [-0.1, -0.05) is 38.5 Å². The van der Waals surface area contributed by atoms with Crippen molar-refractivity contribution < 1.29 is 4.79 Å². The molecule has 0 bridgehead atoms. The highest BCUT2D eigenvalue weighted by Crippen LogP contribution is 2.19. The maximum atomic E-state index is 11.8. The molecule has 100 valence electrons. The summed E-state index contributed by atoms with van der Waals surface area (Å²) in [4.78, 5) is 11.8. The molecule has 2 amide bonds. The zero-order chi connectivity index (χ0) is 11.2. The van der Waals surface area contributed by atoms with E-state index in [1.165, 1.54) is 38.5 Å². The first-order valence-corrected chi connectivity index (χ1v) is 6.91. The van der Waals surface area contributed by atoms with Crippen LogP contribution in [0.1, 0.15) is 64.2 Å². The average molecular weight is 261 g/mol. The number of rotatable bonds is 2. The first-order valence-electron chi connectivity index (χ1n) is 6.91. The Balaban J connectivity index is 0.00000144. The molecule has 2 N–H and O–H groups in total. The Morgan fingerprint density at radius 3 is 1.41 bits per heavy atom. The smallest absolute Gasteiger partial charge is 0.315 e. The molecule has 17 heavy (non-hydrogen) atoms. The van der Waals surface area contributed by atoms with Gasteiger partial charge in [0.15, 0.2) is 0 Å². The molecule has 0 radical (unpaired) electrons. The lowest BCUT2D eigenvalue weighted by Crippen LogP contribution is -2.47. The highest BCUT2D eigenvalue weighted by molar-refractivity contribution is 5.85. The van der Waals surface area contributed by atoms with Crippen molar-refractivity contribution in [2.75, 3.05) is 0 Å². The molecule has 0 aliphatic heterocycles. The van der Waals surface area contributed by atoms with Crippen molar-refractivity contribution in [3.05, 3.63) is 0 Å². The van der Waals surface area contributed by atoms with Crippen LogP contribution >= 0.6 is 12.4 Å². The summed E-state index contributed by atoms with van der Waals surface area (Å²) in [6.45, 7) is 0. The molecule has 0 aromatic carbocycles. The van der Waals surface area contributed by atoms with E-state index in [0.717, 1.165) is 25.7 Å². The van der Waals surface area contributed by atoms with E-state index in [1.54, 1.807) is 0 Å². The molecule has 2 aliphatic carbocycles. The number of carbonyl (C=O) groups is 1. The van der Waals surface area contributed by atoms with Gasteiger partial charge in [0, 0.05) is 12.1 Å². The number of halogens is 1. The Hall–Kier alpha value is -0.440. The second kappa shape index (κ2) is 7.80. The van der Waals surface area contributed by atoms with Crippen molar-refractivity contribution in [2.45, 2.75) is 76.3 Å². The van der Waals surface area contributed by atoms with Gasteiger partial charge in [0.2, 0.25) is 0 Å². The van der Waals surface area contributed by atoms with Crippen LogP contribution in [0, 0.1) is 0 Å². The van der Waals surface area contributed by atoms with Gasteiger partial charge in [-0.2, -0.15) is 0 Å². The third kappa shape index (κ3) is 5.15. The molecule has 0 atom stereocenters. The van der Waals surface area contributed by atoms with Crippen molar-refractivity contribution in [1.82, 2.24) is 10.6 Å². The van der Waals surface area contributed by atoms with E-state index in [2.05, 4.69) is 10.6 Å². The first-order chi connectivity index (χ1) is 7.84. The quantitative estimate of drug-likeness (QED) is 0.785. The summed E-state index contributed by atoms with van der Waals surface area (Å²) in [5.74, 6) is 0. The Morgan fingerprint density at radius 1 is 0.706 bits per heavy atom. The normalized spacial score (nSPS) is 22.6. The van der Waals surface area contributed by atoms with Crippen LogP contribution in [0.3, 0.4) is 0 Å². The molecule has 2 fully saturated rings. The molecular weight excluding hydrogens is 236 g/mol. The standard InChI is InChI=1S/C13H24N2O.ClH/c16-13(14-11-7-3-1-4-8-11)15-12-9-5-2-6-10-12;/h11-12H,1-10H2,(H2,14,15,16);1H. The highest BCUT2D eigenvalue weighted by atomic mass is 35.5. The van der Waals surface area contributed by atoms with E-state index in [1.807, 2.05) is 0 Å². The maximum Gasteiger partial charge on any atom is 0.315 e. The lowest BCUT2D eigenvalue weighted by atomic mass is 9.95. The number of urea groups is 1. The van der Waals surface area contributed by atoms with Crippen LogP contribution in [0.15, 0.2) is 0 Å². The number of nitrogens with one attached hydrogen (secondary N) is 2. The molecule has 0 saturated heterocycles. The molecule has 2 aliphatic rings. The van der Waals surface area contributed by atoms with Crippen LogP contribution in [0.2, 0.25) is 0 Å². The molecule has 2 rings (SSSR count).